The van der Waals surface area contributed by atoms with Gasteiger partial charge in [-0.05, 0) is 73.5 Å². The highest BCUT2D eigenvalue weighted by atomic mass is 16.5. The number of aryl methyl sites for hydroxylation is 2. The Morgan fingerprint density at radius 1 is 1.00 bits per heavy atom. The van der Waals surface area contributed by atoms with Crippen molar-refractivity contribution in [3.8, 4) is 11.5 Å². The van der Waals surface area contributed by atoms with E-state index < -0.39 is 0 Å². The number of ether oxygens (including phenoxy) is 2. The summed E-state index contributed by atoms with van der Waals surface area (Å²) in [4.78, 5) is 2.26. The van der Waals surface area contributed by atoms with Crippen LogP contribution in [0.15, 0.2) is 36.4 Å². The molecule has 0 radical (unpaired) electrons. The fourth-order valence-corrected chi connectivity index (χ4v) is 5.15. The molecule has 3 heterocycles. The van der Waals surface area contributed by atoms with Gasteiger partial charge in [-0.2, -0.15) is 0 Å². The van der Waals surface area contributed by atoms with E-state index in [-0.39, 0.29) is 18.7 Å². The third-order valence-corrected chi connectivity index (χ3v) is 6.83. The molecular formula is C25H32N2O3. The lowest BCUT2D eigenvalue weighted by Gasteiger charge is -2.27. The number of fused-ring (bicyclic) bond motifs is 2. The maximum absolute atomic E-state index is 9.69. The van der Waals surface area contributed by atoms with Gasteiger partial charge in [-0.15, -0.1) is 0 Å². The van der Waals surface area contributed by atoms with E-state index in [9.17, 15) is 5.11 Å². The zero-order valence-electron chi connectivity index (χ0n) is 17.8. The number of hydrogen-bond acceptors (Lipinski definition) is 5. The van der Waals surface area contributed by atoms with Crippen LogP contribution in [0.3, 0.4) is 0 Å². The Bertz CT molecular complexity index is 840. The van der Waals surface area contributed by atoms with Gasteiger partial charge in [0.2, 0.25) is 0 Å². The van der Waals surface area contributed by atoms with Crippen molar-refractivity contribution in [2.45, 2.75) is 50.2 Å². The summed E-state index contributed by atoms with van der Waals surface area (Å²) in [6.07, 6.45) is 5.28. The van der Waals surface area contributed by atoms with Gasteiger partial charge in [0.1, 0.15) is 11.5 Å². The zero-order chi connectivity index (χ0) is 20.5. The summed E-state index contributed by atoms with van der Waals surface area (Å²) in [7, 11) is 2.10. The molecule has 0 aromatic heterocycles. The molecule has 30 heavy (non-hydrogen) atoms. The summed E-state index contributed by atoms with van der Waals surface area (Å²) in [6.45, 7) is 2.79. The first-order valence-corrected chi connectivity index (χ1v) is 11.3. The molecule has 5 rings (SSSR count). The summed E-state index contributed by atoms with van der Waals surface area (Å²) in [5, 5.41) is 13.6. The number of nitrogens with zero attached hydrogens (tertiary/aromatic N) is 1. The van der Waals surface area contributed by atoms with Gasteiger partial charge in [-0.1, -0.05) is 24.3 Å². The summed E-state index contributed by atoms with van der Waals surface area (Å²) in [5.41, 5.74) is 5.18. The van der Waals surface area contributed by atoms with E-state index >= 15 is 0 Å². The largest absolute Gasteiger partial charge is 0.493 e. The monoisotopic (exact) mass is 408 g/mol. The lowest BCUT2D eigenvalue weighted by atomic mass is 9.92. The molecule has 0 unspecified atom stereocenters. The average Bonchev–Trinajstić information content (AvgIpc) is 3.16. The normalized spacial score (nSPS) is 23.6. The molecular weight excluding hydrogens is 376 g/mol. The van der Waals surface area contributed by atoms with Gasteiger partial charge >= 0.3 is 0 Å². The van der Waals surface area contributed by atoms with Crippen molar-refractivity contribution in [3.05, 3.63) is 58.7 Å². The maximum atomic E-state index is 9.69. The lowest BCUT2D eigenvalue weighted by Crippen LogP contribution is -2.35. The highest BCUT2D eigenvalue weighted by molar-refractivity contribution is 5.45. The van der Waals surface area contributed by atoms with E-state index in [0.717, 1.165) is 63.4 Å². The van der Waals surface area contributed by atoms with Crippen molar-refractivity contribution in [2.75, 3.05) is 33.4 Å². The fourth-order valence-electron chi connectivity index (χ4n) is 5.15. The van der Waals surface area contributed by atoms with E-state index in [1.54, 1.807) is 0 Å². The lowest BCUT2D eigenvalue weighted by molar-refractivity contribution is 0.182. The Balaban J connectivity index is 1.48. The highest BCUT2D eigenvalue weighted by Crippen LogP contribution is 2.34. The highest BCUT2D eigenvalue weighted by Gasteiger charge is 2.31. The molecule has 0 aliphatic carbocycles. The van der Waals surface area contributed by atoms with Crippen LogP contribution in [0, 0.1) is 0 Å². The van der Waals surface area contributed by atoms with Gasteiger partial charge in [0.25, 0.3) is 0 Å². The first-order chi connectivity index (χ1) is 14.7. The van der Waals surface area contributed by atoms with E-state index in [1.165, 1.54) is 22.3 Å². The minimum absolute atomic E-state index is 0.111. The summed E-state index contributed by atoms with van der Waals surface area (Å²) >= 11 is 0. The number of likely N-dealkylation sites (tertiary alicyclic amines) is 1. The Morgan fingerprint density at radius 2 is 1.60 bits per heavy atom. The topological polar surface area (TPSA) is 54.0 Å². The second-order valence-electron chi connectivity index (χ2n) is 8.95. The minimum atomic E-state index is 0.111. The van der Waals surface area contributed by atoms with Crippen molar-refractivity contribution >= 4 is 0 Å². The Hall–Kier alpha value is -2.08. The van der Waals surface area contributed by atoms with Crippen LogP contribution >= 0.6 is 0 Å². The quantitative estimate of drug-likeness (QED) is 0.796. The van der Waals surface area contributed by atoms with Crippen LogP contribution in [0.5, 0.6) is 11.5 Å². The van der Waals surface area contributed by atoms with Crippen LogP contribution in [-0.4, -0.2) is 55.5 Å². The molecule has 3 aliphatic rings. The second kappa shape index (κ2) is 8.58. The third kappa shape index (κ3) is 3.94. The number of aliphatic hydroxyl groups excluding tert-OH is 1. The molecule has 3 aliphatic heterocycles. The Labute approximate surface area is 179 Å². The predicted molar refractivity (Wildman–Crippen MR) is 117 cm³/mol. The maximum Gasteiger partial charge on any atom is 0.122 e. The first-order valence-electron chi connectivity index (χ1n) is 11.3. The summed E-state index contributed by atoms with van der Waals surface area (Å²) in [5.74, 6) is 2.06. The number of nitrogens with one attached hydrogen (secondary N) is 1. The molecule has 5 heteroatoms. The molecule has 1 fully saturated rings. The molecule has 160 valence electrons. The van der Waals surface area contributed by atoms with Crippen LogP contribution in [0.1, 0.15) is 47.6 Å². The van der Waals surface area contributed by atoms with Gasteiger partial charge in [0, 0.05) is 18.6 Å². The fraction of sp³-hybridized carbons (Fsp3) is 0.520. The standard InChI is InChI=1S/C25H32N2O3/c1-27-15-21(14-22(27)16-28)26-25(19-6-8-23-17(12-19)4-2-10-29-23)20-7-9-24-18(13-20)5-3-11-30-24/h6-9,12-13,21-22,25-26,28H,2-5,10-11,14-16H2,1H3/t21-,22+/m0/s1. The van der Waals surface area contributed by atoms with E-state index in [0.29, 0.717) is 6.04 Å². The van der Waals surface area contributed by atoms with Crippen LogP contribution in [-0.2, 0) is 12.8 Å². The number of benzene rings is 2. The third-order valence-electron chi connectivity index (χ3n) is 6.83. The SMILES string of the molecule is CN1C[C@@H](NC(c2ccc3c(c2)CCCO3)c2ccc3c(c2)CCCO3)C[C@@H]1CO. The van der Waals surface area contributed by atoms with Crippen LogP contribution < -0.4 is 14.8 Å². The van der Waals surface area contributed by atoms with Crippen molar-refractivity contribution < 1.29 is 14.6 Å². The Kier molecular flexibility index (Phi) is 5.68. The molecule has 2 atom stereocenters. The zero-order valence-corrected chi connectivity index (χ0v) is 17.8. The summed E-state index contributed by atoms with van der Waals surface area (Å²) < 4.78 is 11.7. The predicted octanol–water partition coefficient (Wildman–Crippen LogP) is 3.08. The first kappa shape index (κ1) is 19.9. The molecule has 0 saturated carbocycles. The molecule has 0 amide bonds. The van der Waals surface area contributed by atoms with Crippen LogP contribution in [0.2, 0.25) is 0 Å². The number of hydrogen-bond donors (Lipinski definition) is 2. The minimum Gasteiger partial charge on any atom is -0.493 e. The smallest absolute Gasteiger partial charge is 0.122 e. The van der Waals surface area contributed by atoms with Crippen LogP contribution in [0.25, 0.3) is 0 Å². The van der Waals surface area contributed by atoms with Crippen molar-refractivity contribution in [1.29, 1.82) is 0 Å². The van der Waals surface area contributed by atoms with Crippen molar-refractivity contribution in [2.24, 2.45) is 0 Å². The number of aliphatic hydroxyl groups is 1. The van der Waals surface area contributed by atoms with Gasteiger partial charge in [-0.3, -0.25) is 4.90 Å². The molecule has 2 N–H and O–H groups in total. The number of likely N-dealkylation sites (N-methyl/N-ethyl adjacent to an activating group) is 1. The molecule has 0 bridgehead atoms. The van der Waals surface area contributed by atoms with Gasteiger partial charge in [0.15, 0.2) is 0 Å². The average molecular weight is 409 g/mol. The van der Waals surface area contributed by atoms with Gasteiger partial charge in [-0.25, -0.2) is 0 Å². The molecule has 2 aromatic rings. The van der Waals surface area contributed by atoms with Crippen LogP contribution in [0.4, 0.5) is 0 Å². The van der Waals surface area contributed by atoms with E-state index in [2.05, 4.69) is 53.7 Å². The van der Waals surface area contributed by atoms with E-state index in [4.69, 9.17) is 9.47 Å². The molecule has 5 nitrogen and oxygen atoms in total. The van der Waals surface area contributed by atoms with Gasteiger partial charge in [0.05, 0.1) is 25.9 Å². The van der Waals surface area contributed by atoms with Gasteiger partial charge < -0.3 is 19.9 Å². The molecule has 1 saturated heterocycles. The number of rotatable bonds is 5. The molecule has 2 aromatic carbocycles. The Morgan fingerprint density at radius 3 is 2.13 bits per heavy atom. The van der Waals surface area contributed by atoms with E-state index in [1.807, 2.05) is 0 Å². The van der Waals surface area contributed by atoms with Crippen molar-refractivity contribution in [3.63, 3.8) is 0 Å². The molecule has 0 spiro atoms. The summed E-state index contributed by atoms with van der Waals surface area (Å²) in [6, 6.07) is 14.0. The van der Waals surface area contributed by atoms with Crippen molar-refractivity contribution in [1.82, 2.24) is 10.2 Å². The second-order valence-corrected chi connectivity index (χ2v) is 8.95.